The number of carboxylic acid groups (broad SMARTS) is 1. The molecule has 0 heterocycles. The molecule has 4 atom stereocenters. The number of carbonyl (C=O) groups is 3. The van der Waals surface area contributed by atoms with E-state index in [1.807, 2.05) is 30.3 Å². The molecule has 1 N–H and O–H groups in total. The fourth-order valence-corrected chi connectivity index (χ4v) is 4.16. The van der Waals surface area contributed by atoms with Crippen LogP contribution in [0.15, 0.2) is 42.5 Å². The van der Waals surface area contributed by atoms with Gasteiger partial charge in [0.05, 0.1) is 17.4 Å². The van der Waals surface area contributed by atoms with Crippen LogP contribution in [0, 0.1) is 23.7 Å². The van der Waals surface area contributed by atoms with E-state index in [9.17, 15) is 14.4 Å². The largest absolute Gasteiger partial charge is 0.481 e. The monoisotopic (exact) mass is 354 g/mol. The van der Waals surface area contributed by atoms with E-state index in [0.29, 0.717) is 12.0 Å². The van der Waals surface area contributed by atoms with Crippen LogP contribution in [0.3, 0.4) is 0 Å². The van der Waals surface area contributed by atoms with Gasteiger partial charge in [-0.3, -0.25) is 9.59 Å². The molecule has 6 nitrogen and oxygen atoms in total. The minimum atomic E-state index is -0.847. The van der Waals surface area contributed by atoms with E-state index in [4.69, 9.17) is 14.6 Å². The molecule has 0 bridgehead atoms. The Hall–Kier alpha value is -2.89. The van der Waals surface area contributed by atoms with Crippen molar-refractivity contribution in [1.82, 2.24) is 0 Å². The first kappa shape index (κ1) is 16.6. The molecule has 2 saturated carbocycles. The van der Waals surface area contributed by atoms with E-state index in [-0.39, 0.29) is 11.8 Å². The number of hydrogen-bond donors (Lipinski definition) is 1. The lowest BCUT2D eigenvalue weighted by atomic mass is 10.0. The first-order chi connectivity index (χ1) is 12.6. The van der Waals surface area contributed by atoms with Crippen LogP contribution in [-0.4, -0.2) is 29.8 Å². The topological polar surface area (TPSA) is 89.9 Å². The lowest BCUT2D eigenvalue weighted by Crippen LogP contribution is -2.22. The highest BCUT2D eigenvalue weighted by atomic mass is 16.7. The Morgan fingerprint density at radius 3 is 2.50 bits per heavy atom. The van der Waals surface area contributed by atoms with Gasteiger partial charge in [0.15, 0.2) is 0 Å². The first-order valence-corrected chi connectivity index (χ1v) is 8.61. The van der Waals surface area contributed by atoms with Gasteiger partial charge in [-0.05, 0) is 47.6 Å². The van der Waals surface area contributed by atoms with Gasteiger partial charge in [0.25, 0.3) is 0 Å². The molecule has 0 saturated heterocycles. The van der Waals surface area contributed by atoms with Crippen molar-refractivity contribution in [2.75, 3.05) is 6.79 Å². The van der Waals surface area contributed by atoms with E-state index in [1.54, 1.807) is 12.1 Å². The summed E-state index contributed by atoms with van der Waals surface area (Å²) in [5, 5.41) is 11.0. The summed E-state index contributed by atoms with van der Waals surface area (Å²) < 4.78 is 10.1. The third-order valence-corrected chi connectivity index (χ3v) is 5.47. The smallest absolute Gasteiger partial charge is 0.341 e. The summed E-state index contributed by atoms with van der Waals surface area (Å²) in [6.07, 6.45) is 1.37. The summed E-state index contributed by atoms with van der Waals surface area (Å²) in [7, 11) is 0. The quantitative estimate of drug-likeness (QED) is 0.656. The highest BCUT2D eigenvalue weighted by Crippen LogP contribution is 2.60. The number of aliphatic carboxylic acids is 1. The van der Waals surface area contributed by atoms with Gasteiger partial charge in [-0.2, -0.15) is 0 Å². The molecule has 2 aromatic rings. The van der Waals surface area contributed by atoms with Crippen molar-refractivity contribution in [3.05, 3.63) is 48.0 Å². The number of carbonyl (C=O) groups excluding carboxylic acids is 2. The predicted octanol–water partition coefficient (Wildman–Crippen LogP) is 2.85. The van der Waals surface area contributed by atoms with Crippen molar-refractivity contribution in [2.45, 2.75) is 12.8 Å². The second-order valence-corrected chi connectivity index (χ2v) is 6.86. The van der Waals surface area contributed by atoms with Gasteiger partial charge in [-0.25, -0.2) is 4.79 Å². The maximum Gasteiger partial charge on any atom is 0.341 e. The average molecular weight is 354 g/mol. The molecule has 4 rings (SSSR count). The van der Waals surface area contributed by atoms with Crippen LogP contribution >= 0.6 is 0 Å². The number of esters is 2. The molecule has 0 radical (unpaired) electrons. The standard InChI is InChI=1S/C20H18O6/c21-18(22)17-14-7-8-15(16(14)17)20(24)26-10-25-19(23)13-6-5-11-3-1-2-4-12(11)9-13/h1-6,9,14-17H,7-8,10H2,(H,21,22)/t14-,15-,16-,17+/m1/s1. The molecular weight excluding hydrogens is 336 g/mol. The molecule has 134 valence electrons. The van der Waals surface area contributed by atoms with Crippen LogP contribution in [0.4, 0.5) is 0 Å². The van der Waals surface area contributed by atoms with Crippen LogP contribution in [0.2, 0.25) is 0 Å². The first-order valence-electron chi connectivity index (χ1n) is 8.61. The summed E-state index contributed by atoms with van der Waals surface area (Å²) in [6.45, 7) is -0.462. The third kappa shape index (κ3) is 2.92. The molecule has 2 aromatic carbocycles. The number of ether oxygens (including phenoxy) is 2. The zero-order chi connectivity index (χ0) is 18.3. The predicted molar refractivity (Wildman–Crippen MR) is 91.2 cm³/mol. The number of benzene rings is 2. The summed E-state index contributed by atoms with van der Waals surface area (Å²) in [4.78, 5) is 35.3. The second-order valence-electron chi connectivity index (χ2n) is 6.86. The molecule has 2 aliphatic carbocycles. The molecule has 0 aromatic heterocycles. The van der Waals surface area contributed by atoms with Gasteiger partial charge in [-0.15, -0.1) is 0 Å². The number of hydrogen-bond acceptors (Lipinski definition) is 5. The van der Waals surface area contributed by atoms with Gasteiger partial charge in [0, 0.05) is 0 Å². The summed E-state index contributed by atoms with van der Waals surface area (Å²) >= 11 is 0. The Morgan fingerprint density at radius 1 is 1.00 bits per heavy atom. The van der Waals surface area contributed by atoms with Gasteiger partial charge < -0.3 is 14.6 Å². The highest BCUT2D eigenvalue weighted by molar-refractivity contribution is 5.95. The summed E-state index contributed by atoms with van der Waals surface area (Å²) in [5.74, 6) is -2.77. The fraction of sp³-hybridized carbons (Fsp3) is 0.350. The minimum absolute atomic E-state index is 0.0881. The van der Waals surface area contributed by atoms with Gasteiger partial charge in [0.2, 0.25) is 6.79 Å². The second kappa shape index (κ2) is 6.44. The van der Waals surface area contributed by atoms with E-state index >= 15 is 0 Å². The number of fused-ring (bicyclic) bond motifs is 2. The fourth-order valence-electron chi connectivity index (χ4n) is 4.16. The maximum atomic E-state index is 12.1. The number of carboxylic acids is 1. The Labute approximate surface area is 149 Å². The van der Waals surface area contributed by atoms with Crippen molar-refractivity contribution in [2.24, 2.45) is 23.7 Å². The summed E-state index contributed by atoms with van der Waals surface area (Å²) in [6, 6.07) is 12.9. The van der Waals surface area contributed by atoms with Crippen LogP contribution < -0.4 is 0 Å². The molecule has 0 aliphatic heterocycles. The van der Waals surface area contributed by atoms with E-state index < -0.39 is 36.5 Å². The zero-order valence-corrected chi connectivity index (χ0v) is 14.0. The zero-order valence-electron chi connectivity index (χ0n) is 14.0. The maximum absolute atomic E-state index is 12.1. The van der Waals surface area contributed by atoms with Crippen LogP contribution in [0.25, 0.3) is 10.8 Å². The SMILES string of the molecule is O=C(OCOC(=O)[C@@H]1CC[C@H]2[C@H](C(=O)O)[C@H]21)c1ccc2ccccc2c1. The molecule has 26 heavy (non-hydrogen) atoms. The molecule has 2 aliphatic rings. The molecule has 0 unspecified atom stereocenters. The summed E-state index contributed by atoms with van der Waals surface area (Å²) in [5.41, 5.74) is 0.383. The molecule has 0 amide bonds. The van der Waals surface area contributed by atoms with Crippen molar-refractivity contribution in [3.63, 3.8) is 0 Å². The van der Waals surface area contributed by atoms with Crippen molar-refractivity contribution in [1.29, 1.82) is 0 Å². The highest BCUT2D eigenvalue weighted by Gasteiger charge is 2.63. The Morgan fingerprint density at radius 2 is 1.77 bits per heavy atom. The normalized spacial score (nSPS) is 26.2. The van der Waals surface area contributed by atoms with Crippen LogP contribution in [0.1, 0.15) is 23.2 Å². The van der Waals surface area contributed by atoms with Gasteiger partial charge >= 0.3 is 17.9 Å². The van der Waals surface area contributed by atoms with Gasteiger partial charge in [0.1, 0.15) is 0 Å². The average Bonchev–Trinajstić information content (AvgIpc) is 3.21. The Balaban J connectivity index is 1.30. The molecular formula is C20H18O6. The lowest BCUT2D eigenvalue weighted by molar-refractivity contribution is -0.158. The van der Waals surface area contributed by atoms with Crippen LogP contribution in [-0.2, 0) is 19.1 Å². The van der Waals surface area contributed by atoms with Crippen molar-refractivity contribution >= 4 is 28.7 Å². The Kier molecular flexibility index (Phi) is 4.11. The molecule has 0 spiro atoms. The van der Waals surface area contributed by atoms with E-state index in [1.165, 1.54) is 0 Å². The van der Waals surface area contributed by atoms with E-state index in [2.05, 4.69) is 0 Å². The third-order valence-electron chi connectivity index (χ3n) is 5.47. The van der Waals surface area contributed by atoms with Gasteiger partial charge in [-0.1, -0.05) is 30.3 Å². The van der Waals surface area contributed by atoms with E-state index in [0.717, 1.165) is 17.2 Å². The lowest BCUT2D eigenvalue weighted by Gasteiger charge is -2.13. The van der Waals surface area contributed by atoms with Crippen molar-refractivity contribution < 1.29 is 29.0 Å². The Bertz CT molecular complexity index is 889. The minimum Gasteiger partial charge on any atom is -0.481 e. The molecule has 6 heteroatoms. The molecule has 2 fully saturated rings. The van der Waals surface area contributed by atoms with Crippen LogP contribution in [0.5, 0.6) is 0 Å². The van der Waals surface area contributed by atoms with Crippen molar-refractivity contribution in [3.8, 4) is 0 Å². The number of rotatable bonds is 5.